The van der Waals surface area contributed by atoms with Crippen LogP contribution in [-0.2, 0) is 16.1 Å². The van der Waals surface area contributed by atoms with E-state index in [-0.39, 0.29) is 18.4 Å². The molecule has 4 N–H and O–H groups in total. The Hall–Kier alpha value is -2.87. The minimum atomic E-state index is -0.942. The molecular weight excluding hydrogens is 334 g/mol. The van der Waals surface area contributed by atoms with Gasteiger partial charge in [-0.05, 0) is 37.6 Å². The first-order chi connectivity index (χ1) is 12.3. The van der Waals surface area contributed by atoms with Crippen molar-refractivity contribution in [2.45, 2.75) is 38.8 Å². The molecule has 0 radical (unpaired) electrons. The molecule has 0 spiro atoms. The molecule has 8 nitrogen and oxygen atoms in total. The van der Waals surface area contributed by atoms with Gasteiger partial charge in [-0.1, -0.05) is 13.3 Å². The zero-order valence-electron chi connectivity index (χ0n) is 15.3. The predicted octanol–water partition coefficient (Wildman–Crippen LogP) is 1.99. The lowest BCUT2D eigenvalue weighted by molar-refractivity contribution is -0.121. The molecular formula is C18H25N5O3. The Labute approximate surface area is 152 Å². The van der Waals surface area contributed by atoms with Crippen LogP contribution in [0.3, 0.4) is 0 Å². The number of hydrogen-bond donors (Lipinski definition) is 3. The minimum Gasteiger partial charge on any atom is -0.497 e. The standard InChI is InChI=1S/C18H25N5O3/c1-4-9-18(2,19)17(25)22-14-10-20-23(11-14)12-16(24)21-13-5-7-15(26-3)8-6-13/h5-8,10-11H,4,9,12,19H2,1-3H3,(H,21,24)(H,22,25). The van der Waals surface area contributed by atoms with Gasteiger partial charge in [0.15, 0.2) is 0 Å². The van der Waals surface area contributed by atoms with Crippen molar-refractivity contribution in [2.24, 2.45) is 5.73 Å². The molecule has 0 fully saturated rings. The van der Waals surface area contributed by atoms with Gasteiger partial charge in [0.25, 0.3) is 0 Å². The SMILES string of the molecule is CCCC(C)(N)C(=O)Nc1cnn(CC(=O)Nc2ccc(OC)cc2)c1. The van der Waals surface area contributed by atoms with Crippen LogP contribution in [0.25, 0.3) is 0 Å². The van der Waals surface area contributed by atoms with Crippen molar-refractivity contribution in [1.29, 1.82) is 0 Å². The van der Waals surface area contributed by atoms with Crippen molar-refractivity contribution in [3.8, 4) is 5.75 Å². The summed E-state index contributed by atoms with van der Waals surface area (Å²) in [5.41, 5.74) is 6.22. The van der Waals surface area contributed by atoms with E-state index in [0.717, 1.165) is 6.42 Å². The molecule has 140 valence electrons. The lowest BCUT2D eigenvalue weighted by atomic mass is 9.96. The molecule has 1 aromatic heterocycles. The van der Waals surface area contributed by atoms with Crippen LogP contribution in [0, 0.1) is 0 Å². The maximum atomic E-state index is 12.2. The number of ether oxygens (including phenoxy) is 1. The number of nitrogens with zero attached hydrogens (tertiary/aromatic N) is 2. The van der Waals surface area contributed by atoms with E-state index < -0.39 is 5.54 Å². The zero-order chi connectivity index (χ0) is 19.2. The van der Waals surface area contributed by atoms with E-state index in [1.54, 1.807) is 44.5 Å². The molecule has 0 aliphatic rings. The summed E-state index contributed by atoms with van der Waals surface area (Å²) in [5.74, 6) is 0.206. The summed E-state index contributed by atoms with van der Waals surface area (Å²) < 4.78 is 6.52. The number of benzene rings is 1. The van der Waals surface area contributed by atoms with Crippen molar-refractivity contribution in [3.63, 3.8) is 0 Å². The van der Waals surface area contributed by atoms with Crippen LogP contribution < -0.4 is 21.1 Å². The molecule has 0 aliphatic carbocycles. The van der Waals surface area contributed by atoms with Gasteiger partial charge in [0.05, 0.1) is 24.5 Å². The molecule has 26 heavy (non-hydrogen) atoms. The normalized spacial score (nSPS) is 12.9. The van der Waals surface area contributed by atoms with Gasteiger partial charge in [0.1, 0.15) is 12.3 Å². The number of amides is 2. The Kier molecular flexibility index (Phi) is 6.35. The van der Waals surface area contributed by atoms with Crippen molar-refractivity contribution in [3.05, 3.63) is 36.7 Å². The summed E-state index contributed by atoms with van der Waals surface area (Å²) in [7, 11) is 1.58. The third kappa shape index (κ3) is 5.32. The number of aromatic nitrogens is 2. The smallest absolute Gasteiger partial charge is 0.246 e. The molecule has 1 atom stereocenters. The van der Waals surface area contributed by atoms with E-state index >= 15 is 0 Å². The number of methoxy groups -OCH3 is 1. The Morgan fingerprint density at radius 3 is 2.54 bits per heavy atom. The van der Waals surface area contributed by atoms with E-state index in [4.69, 9.17) is 10.5 Å². The van der Waals surface area contributed by atoms with Crippen LogP contribution in [0.4, 0.5) is 11.4 Å². The number of carbonyl (C=O) groups excluding carboxylic acids is 2. The third-order valence-corrected chi connectivity index (χ3v) is 3.86. The lowest BCUT2D eigenvalue weighted by Gasteiger charge is -2.22. The van der Waals surface area contributed by atoms with Crippen molar-refractivity contribution < 1.29 is 14.3 Å². The molecule has 1 aromatic carbocycles. The monoisotopic (exact) mass is 359 g/mol. The topological polar surface area (TPSA) is 111 Å². The van der Waals surface area contributed by atoms with Gasteiger partial charge < -0.3 is 21.1 Å². The quantitative estimate of drug-likeness (QED) is 0.667. The van der Waals surface area contributed by atoms with Gasteiger partial charge in [-0.15, -0.1) is 0 Å². The number of carbonyl (C=O) groups is 2. The maximum Gasteiger partial charge on any atom is 0.246 e. The van der Waals surface area contributed by atoms with E-state index in [1.165, 1.54) is 10.9 Å². The van der Waals surface area contributed by atoms with Crippen LogP contribution in [0.1, 0.15) is 26.7 Å². The second-order valence-corrected chi connectivity index (χ2v) is 6.32. The Bertz CT molecular complexity index is 752. The number of hydrogen-bond acceptors (Lipinski definition) is 5. The minimum absolute atomic E-state index is 0.0246. The van der Waals surface area contributed by atoms with Crippen LogP contribution in [-0.4, -0.2) is 34.2 Å². The highest BCUT2D eigenvalue weighted by Crippen LogP contribution is 2.16. The molecule has 2 rings (SSSR count). The average molecular weight is 359 g/mol. The Balaban J connectivity index is 1.90. The first-order valence-electron chi connectivity index (χ1n) is 8.40. The van der Waals surface area contributed by atoms with E-state index in [9.17, 15) is 9.59 Å². The van der Waals surface area contributed by atoms with Gasteiger partial charge in [-0.25, -0.2) is 0 Å². The summed E-state index contributed by atoms with van der Waals surface area (Å²) in [4.78, 5) is 24.3. The largest absolute Gasteiger partial charge is 0.497 e. The molecule has 0 saturated carbocycles. The van der Waals surface area contributed by atoms with Crippen molar-refractivity contribution in [1.82, 2.24) is 9.78 Å². The summed E-state index contributed by atoms with van der Waals surface area (Å²) in [6, 6.07) is 7.02. The van der Waals surface area contributed by atoms with Gasteiger partial charge >= 0.3 is 0 Å². The molecule has 2 amide bonds. The average Bonchev–Trinajstić information content (AvgIpc) is 3.02. The molecule has 2 aromatic rings. The fraction of sp³-hybridized carbons (Fsp3) is 0.389. The first kappa shape index (κ1) is 19.5. The van der Waals surface area contributed by atoms with E-state index in [0.29, 0.717) is 23.5 Å². The van der Waals surface area contributed by atoms with Crippen molar-refractivity contribution in [2.75, 3.05) is 17.7 Å². The molecule has 8 heteroatoms. The van der Waals surface area contributed by atoms with Gasteiger partial charge in [0, 0.05) is 11.9 Å². The number of rotatable bonds is 8. The fourth-order valence-corrected chi connectivity index (χ4v) is 2.44. The summed E-state index contributed by atoms with van der Waals surface area (Å²) in [6.07, 6.45) is 4.47. The highest BCUT2D eigenvalue weighted by molar-refractivity contribution is 5.97. The second kappa shape index (κ2) is 8.48. The lowest BCUT2D eigenvalue weighted by Crippen LogP contribution is -2.48. The van der Waals surface area contributed by atoms with Crippen LogP contribution >= 0.6 is 0 Å². The first-order valence-corrected chi connectivity index (χ1v) is 8.40. The molecule has 0 saturated heterocycles. The summed E-state index contributed by atoms with van der Waals surface area (Å²) in [6.45, 7) is 3.69. The second-order valence-electron chi connectivity index (χ2n) is 6.32. The summed E-state index contributed by atoms with van der Waals surface area (Å²) in [5, 5.41) is 9.59. The molecule has 0 bridgehead atoms. The Morgan fingerprint density at radius 1 is 1.23 bits per heavy atom. The number of anilines is 2. The zero-order valence-corrected chi connectivity index (χ0v) is 15.3. The third-order valence-electron chi connectivity index (χ3n) is 3.86. The summed E-state index contributed by atoms with van der Waals surface area (Å²) >= 11 is 0. The predicted molar refractivity (Wildman–Crippen MR) is 100.0 cm³/mol. The van der Waals surface area contributed by atoms with Crippen LogP contribution in [0.2, 0.25) is 0 Å². The fourth-order valence-electron chi connectivity index (χ4n) is 2.44. The van der Waals surface area contributed by atoms with Gasteiger partial charge in [-0.2, -0.15) is 5.10 Å². The van der Waals surface area contributed by atoms with Gasteiger partial charge in [-0.3, -0.25) is 14.3 Å². The molecule has 0 aliphatic heterocycles. The maximum absolute atomic E-state index is 12.2. The van der Waals surface area contributed by atoms with Crippen LogP contribution in [0.15, 0.2) is 36.7 Å². The highest BCUT2D eigenvalue weighted by Gasteiger charge is 2.27. The number of nitrogens with one attached hydrogen (secondary N) is 2. The van der Waals surface area contributed by atoms with E-state index in [2.05, 4.69) is 15.7 Å². The Morgan fingerprint density at radius 2 is 1.92 bits per heavy atom. The van der Waals surface area contributed by atoms with Gasteiger partial charge in [0.2, 0.25) is 11.8 Å². The molecule has 1 unspecified atom stereocenters. The van der Waals surface area contributed by atoms with E-state index in [1.807, 2.05) is 6.92 Å². The number of nitrogens with two attached hydrogens (primary N) is 1. The van der Waals surface area contributed by atoms with Crippen molar-refractivity contribution >= 4 is 23.2 Å². The van der Waals surface area contributed by atoms with Crippen LogP contribution in [0.5, 0.6) is 5.75 Å². The highest BCUT2D eigenvalue weighted by atomic mass is 16.5. The molecule has 1 heterocycles.